The second-order valence-electron chi connectivity index (χ2n) is 8.28. The van der Waals surface area contributed by atoms with Crippen LogP contribution in [0.2, 0.25) is 0 Å². The second-order valence-corrected chi connectivity index (χ2v) is 8.28. The van der Waals surface area contributed by atoms with Crippen LogP contribution in [0.3, 0.4) is 0 Å². The monoisotopic (exact) mass is 466 g/mol. The van der Waals surface area contributed by atoms with E-state index in [9.17, 15) is 4.79 Å². The van der Waals surface area contributed by atoms with Crippen molar-refractivity contribution in [1.82, 2.24) is 0 Å². The molecule has 4 nitrogen and oxygen atoms in total. The molecule has 0 aliphatic rings. The van der Waals surface area contributed by atoms with Crippen molar-refractivity contribution in [2.45, 2.75) is 32.5 Å². The van der Waals surface area contributed by atoms with Crippen molar-refractivity contribution in [3.05, 3.63) is 120 Å². The van der Waals surface area contributed by atoms with E-state index in [2.05, 4.69) is 0 Å². The summed E-state index contributed by atoms with van der Waals surface area (Å²) in [6.07, 6.45) is 0.590. The van der Waals surface area contributed by atoms with Crippen LogP contribution in [0.15, 0.2) is 103 Å². The smallest absolute Gasteiger partial charge is 0.313 e. The number of rotatable bonds is 10. The van der Waals surface area contributed by atoms with Crippen LogP contribution < -0.4 is 9.47 Å². The number of ether oxygens (including phenoxy) is 3. The van der Waals surface area contributed by atoms with Gasteiger partial charge in [0, 0.05) is 11.6 Å². The lowest BCUT2D eigenvalue weighted by Gasteiger charge is -2.22. The molecule has 0 aliphatic carbocycles. The fourth-order valence-electron chi connectivity index (χ4n) is 4.13. The Labute approximate surface area is 207 Å². The summed E-state index contributed by atoms with van der Waals surface area (Å²) in [6, 6.07) is 33.9. The summed E-state index contributed by atoms with van der Waals surface area (Å²) in [7, 11) is 1.43. The van der Waals surface area contributed by atoms with Crippen LogP contribution in [0.4, 0.5) is 0 Å². The van der Waals surface area contributed by atoms with E-state index in [4.69, 9.17) is 14.2 Å². The highest BCUT2D eigenvalue weighted by Crippen LogP contribution is 2.42. The molecule has 0 radical (unpaired) electrons. The molecule has 0 aromatic heterocycles. The summed E-state index contributed by atoms with van der Waals surface area (Å²) in [5.41, 5.74) is 4.81. The van der Waals surface area contributed by atoms with Crippen LogP contribution in [0.25, 0.3) is 11.1 Å². The zero-order valence-corrected chi connectivity index (χ0v) is 20.1. The van der Waals surface area contributed by atoms with E-state index in [-0.39, 0.29) is 5.97 Å². The predicted octanol–water partition coefficient (Wildman–Crippen LogP) is 7.18. The maximum absolute atomic E-state index is 12.8. The number of esters is 1. The number of hydrogen-bond acceptors (Lipinski definition) is 4. The lowest BCUT2D eigenvalue weighted by atomic mass is 9.88. The maximum atomic E-state index is 12.8. The Balaban J connectivity index is 1.80. The molecule has 1 unspecified atom stereocenters. The summed E-state index contributed by atoms with van der Waals surface area (Å²) in [5.74, 6) is 0.588. The van der Waals surface area contributed by atoms with Gasteiger partial charge in [-0.15, -0.1) is 0 Å². The van der Waals surface area contributed by atoms with Gasteiger partial charge >= 0.3 is 5.97 Å². The molecule has 0 heterocycles. The Kier molecular flexibility index (Phi) is 8.18. The maximum Gasteiger partial charge on any atom is 0.313 e. The largest absolute Gasteiger partial charge is 0.489 e. The van der Waals surface area contributed by atoms with Gasteiger partial charge in [-0.05, 0) is 34.7 Å². The van der Waals surface area contributed by atoms with Gasteiger partial charge < -0.3 is 14.2 Å². The molecule has 0 bridgehead atoms. The van der Waals surface area contributed by atoms with Crippen molar-refractivity contribution in [3.8, 4) is 22.6 Å². The molecule has 0 saturated heterocycles. The Morgan fingerprint density at radius 2 is 1.29 bits per heavy atom. The van der Waals surface area contributed by atoms with Gasteiger partial charge in [0.2, 0.25) is 0 Å². The van der Waals surface area contributed by atoms with E-state index in [1.807, 2.05) is 110 Å². The number of methoxy groups -OCH3 is 1. The molecule has 178 valence electrons. The third-order valence-corrected chi connectivity index (χ3v) is 5.92. The molecule has 35 heavy (non-hydrogen) atoms. The van der Waals surface area contributed by atoms with Gasteiger partial charge in [0.05, 0.1) is 13.0 Å². The minimum absolute atomic E-state index is 0.279. The Hall–Kier alpha value is -4.05. The summed E-state index contributed by atoms with van der Waals surface area (Å²) in [4.78, 5) is 12.8. The molecule has 4 aromatic carbocycles. The molecular formula is C31H30O4. The zero-order valence-electron chi connectivity index (χ0n) is 20.1. The molecule has 4 aromatic rings. The molecule has 0 spiro atoms. The van der Waals surface area contributed by atoms with Crippen molar-refractivity contribution < 1.29 is 19.0 Å². The molecular weight excluding hydrogens is 436 g/mol. The standard InChI is InChI=1S/C31H30O4/c1-3-27(31(32)33-2)28-19-26(34-21-23-13-7-4-8-14-23)20-29(30(28)25-17-11-6-12-18-25)35-22-24-15-9-5-10-16-24/h4-20,27H,3,21-22H2,1-2H3. The molecule has 0 fully saturated rings. The lowest BCUT2D eigenvalue weighted by molar-refractivity contribution is -0.142. The van der Waals surface area contributed by atoms with Crippen molar-refractivity contribution in [2.24, 2.45) is 0 Å². The van der Waals surface area contributed by atoms with Crippen LogP contribution in [0.5, 0.6) is 11.5 Å². The van der Waals surface area contributed by atoms with Crippen molar-refractivity contribution >= 4 is 5.97 Å². The van der Waals surface area contributed by atoms with Crippen LogP contribution in [0.1, 0.15) is 36.0 Å². The summed E-state index contributed by atoms with van der Waals surface area (Å²) >= 11 is 0. The second kappa shape index (κ2) is 11.9. The first-order chi connectivity index (χ1) is 17.2. The minimum atomic E-state index is -0.449. The van der Waals surface area contributed by atoms with Crippen LogP contribution in [0, 0.1) is 0 Å². The van der Waals surface area contributed by atoms with Crippen LogP contribution in [-0.2, 0) is 22.7 Å². The Morgan fingerprint density at radius 3 is 1.83 bits per heavy atom. The molecule has 0 aliphatic heterocycles. The average Bonchev–Trinajstić information content (AvgIpc) is 2.92. The molecule has 0 saturated carbocycles. The van der Waals surface area contributed by atoms with E-state index in [0.717, 1.165) is 27.8 Å². The van der Waals surface area contributed by atoms with Gasteiger partial charge in [-0.1, -0.05) is 97.9 Å². The van der Waals surface area contributed by atoms with Crippen LogP contribution >= 0.6 is 0 Å². The fraction of sp³-hybridized carbons (Fsp3) is 0.194. The lowest BCUT2D eigenvalue weighted by Crippen LogP contribution is -2.15. The highest BCUT2D eigenvalue weighted by molar-refractivity contribution is 5.85. The quantitative estimate of drug-likeness (QED) is 0.232. The Morgan fingerprint density at radius 1 is 0.743 bits per heavy atom. The molecule has 0 N–H and O–H groups in total. The van der Waals surface area contributed by atoms with Gasteiger partial charge in [-0.25, -0.2) is 0 Å². The first-order valence-corrected chi connectivity index (χ1v) is 11.8. The number of carbonyl (C=O) groups is 1. The van der Waals surface area contributed by atoms with E-state index in [0.29, 0.717) is 31.1 Å². The topological polar surface area (TPSA) is 44.8 Å². The molecule has 1 atom stereocenters. The third kappa shape index (κ3) is 6.10. The molecule has 4 rings (SSSR count). The normalized spacial score (nSPS) is 11.5. The van der Waals surface area contributed by atoms with Crippen molar-refractivity contribution in [3.63, 3.8) is 0 Å². The molecule has 4 heteroatoms. The van der Waals surface area contributed by atoms with Crippen molar-refractivity contribution in [1.29, 1.82) is 0 Å². The SMILES string of the molecule is CCC(C(=O)OC)c1cc(OCc2ccccc2)cc(OCc2ccccc2)c1-c1ccccc1. The highest BCUT2D eigenvalue weighted by Gasteiger charge is 2.26. The number of benzene rings is 4. The number of carbonyl (C=O) groups excluding carboxylic acids is 1. The van der Waals surface area contributed by atoms with E-state index < -0.39 is 5.92 Å². The van der Waals surface area contributed by atoms with Gasteiger partial charge in [0.15, 0.2) is 0 Å². The Bertz CT molecular complexity index is 1220. The fourth-order valence-corrected chi connectivity index (χ4v) is 4.13. The zero-order chi connectivity index (χ0) is 24.5. The first kappa shape index (κ1) is 24.1. The summed E-state index contributed by atoms with van der Waals surface area (Å²) in [6.45, 7) is 2.80. The number of hydrogen-bond donors (Lipinski definition) is 0. The molecule has 0 amide bonds. The predicted molar refractivity (Wildman–Crippen MR) is 138 cm³/mol. The van der Waals surface area contributed by atoms with Gasteiger partial charge in [-0.2, -0.15) is 0 Å². The van der Waals surface area contributed by atoms with Crippen molar-refractivity contribution in [2.75, 3.05) is 7.11 Å². The average molecular weight is 467 g/mol. The third-order valence-electron chi connectivity index (χ3n) is 5.92. The summed E-state index contributed by atoms with van der Waals surface area (Å²) < 4.78 is 17.7. The van der Waals surface area contributed by atoms with Gasteiger partial charge in [0.25, 0.3) is 0 Å². The summed E-state index contributed by atoms with van der Waals surface area (Å²) in [5, 5.41) is 0. The minimum Gasteiger partial charge on any atom is -0.489 e. The van der Waals surface area contributed by atoms with Gasteiger partial charge in [0.1, 0.15) is 24.7 Å². The van der Waals surface area contributed by atoms with E-state index in [1.165, 1.54) is 7.11 Å². The van der Waals surface area contributed by atoms with E-state index >= 15 is 0 Å². The van der Waals surface area contributed by atoms with Gasteiger partial charge in [-0.3, -0.25) is 4.79 Å². The van der Waals surface area contributed by atoms with Crippen LogP contribution in [-0.4, -0.2) is 13.1 Å². The first-order valence-electron chi connectivity index (χ1n) is 11.8. The highest BCUT2D eigenvalue weighted by atomic mass is 16.5. The van der Waals surface area contributed by atoms with E-state index in [1.54, 1.807) is 0 Å².